The van der Waals surface area contributed by atoms with Crippen molar-refractivity contribution in [2.24, 2.45) is 0 Å². The van der Waals surface area contributed by atoms with Crippen molar-refractivity contribution in [1.82, 2.24) is 5.32 Å². The summed E-state index contributed by atoms with van der Waals surface area (Å²) in [5.41, 5.74) is 1.13. The first-order valence-electron chi connectivity index (χ1n) is 3.38. The van der Waals surface area contributed by atoms with Gasteiger partial charge in [0, 0.05) is 5.70 Å². The second-order valence-corrected chi connectivity index (χ2v) is 2.38. The van der Waals surface area contributed by atoms with Gasteiger partial charge in [0.25, 0.3) is 0 Å². The molecule has 1 rings (SSSR count). The summed E-state index contributed by atoms with van der Waals surface area (Å²) in [6, 6.07) is 0.523. The number of rotatable bonds is 1. The number of hydrogen-bond donors (Lipinski definition) is 1. The number of hydrogen-bond acceptors (Lipinski definition) is 2. The zero-order valence-corrected chi connectivity index (χ0v) is 5.98. The Morgan fingerprint density at radius 2 is 2.67 bits per heavy atom. The lowest BCUT2D eigenvalue weighted by molar-refractivity contribution is 0.186. The first kappa shape index (κ1) is 6.46. The van der Waals surface area contributed by atoms with Gasteiger partial charge >= 0.3 is 0 Å². The summed E-state index contributed by atoms with van der Waals surface area (Å²) in [4.78, 5) is 0. The van der Waals surface area contributed by atoms with E-state index in [9.17, 15) is 0 Å². The second-order valence-electron chi connectivity index (χ2n) is 2.38. The number of nitrogens with one attached hydrogen (secondary N) is 1. The van der Waals surface area contributed by atoms with Crippen molar-refractivity contribution in [3.8, 4) is 0 Å². The van der Waals surface area contributed by atoms with Gasteiger partial charge in [0.05, 0.1) is 6.04 Å². The molecule has 1 unspecified atom stereocenters. The molecule has 1 heterocycles. The average Bonchev–Trinajstić information content (AvgIpc) is 1.88. The van der Waals surface area contributed by atoms with E-state index in [1.165, 1.54) is 0 Å². The molecule has 0 bridgehead atoms. The lowest BCUT2D eigenvalue weighted by Crippen LogP contribution is -2.34. The SMILES string of the molecule is CCC1COC=C(C)N1. The smallest absolute Gasteiger partial charge is 0.107 e. The summed E-state index contributed by atoms with van der Waals surface area (Å²) >= 11 is 0. The molecule has 52 valence electrons. The zero-order valence-electron chi connectivity index (χ0n) is 5.98. The minimum atomic E-state index is 0.523. The van der Waals surface area contributed by atoms with Gasteiger partial charge in [-0.15, -0.1) is 0 Å². The number of allylic oxidation sites excluding steroid dienone is 1. The van der Waals surface area contributed by atoms with E-state index >= 15 is 0 Å². The van der Waals surface area contributed by atoms with Gasteiger partial charge in [0.2, 0.25) is 0 Å². The predicted molar refractivity (Wildman–Crippen MR) is 36.9 cm³/mol. The van der Waals surface area contributed by atoms with Gasteiger partial charge in [-0.25, -0.2) is 0 Å². The highest BCUT2D eigenvalue weighted by Gasteiger charge is 2.08. The van der Waals surface area contributed by atoms with E-state index in [4.69, 9.17) is 4.74 Å². The van der Waals surface area contributed by atoms with Crippen LogP contribution in [0.15, 0.2) is 12.0 Å². The lowest BCUT2D eigenvalue weighted by atomic mass is 10.2. The standard InChI is InChI=1S/C7H13NO/c1-3-7-5-9-4-6(2)8-7/h4,7-8H,3,5H2,1-2H3. The van der Waals surface area contributed by atoms with E-state index < -0.39 is 0 Å². The van der Waals surface area contributed by atoms with E-state index in [1.54, 1.807) is 6.26 Å². The average molecular weight is 127 g/mol. The van der Waals surface area contributed by atoms with Crippen molar-refractivity contribution in [2.45, 2.75) is 26.3 Å². The minimum absolute atomic E-state index is 0.523. The van der Waals surface area contributed by atoms with Crippen LogP contribution in [-0.2, 0) is 4.74 Å². The molecule has 1 N–H and O–H groups in total. The van der Waals surface area contributed by atoms with Gasteiger partial charge in [0.15, 0.2) is 0 Å². The fourth-order valence-corrected chi connectivity index (χ4v) is 0.907. The Kier molecular flexibility index (Phi) is 1.98. The molecule has 0 fully saturated rings. The molecular formula is C7H13NO. The Hall–Kier alpha value is -0.660. The van der Waals surface area contributed by atoms with Crippen molar-refractivity contribution in [3.05, 3.63) is 12.0 Å². The van der Waals surface area contributed by atoms with Crippen LogP contribution in [0.4, 0.5) is 0 Å². The molecule has 2 nitrogen and oxygen atoms in total. The van der Waals surface area contributed by atoms with Crippen LogP contribution in [0.2, 0.25) is 0 Å². The van der Waals surface area contributed by atoms with Crippen LogP contribution in [0.25, 0.3) is 0 Å². The predicted octanol–water partition coefficient (Wildman–Crippen LogP) is 1.25. The minimum Gasteiger partial charge on any atom is -0.497 e. The highest BCUT2D eigenvalue weighted by molar-refractivity contribution is 4.96. The second kappa shape index (κ2) is 2.76. The zero-order chi connectivity index (χ0) is 6.69. The molecule has 1 aliphatic heterocycles. The Labute approximate surface area is 55.9 Å². The van der Waals surface area contributed by atoms with Crippen LogP contribution in [0, 0.1) is 0 Å². The monoisotopic (exact) mass is 127 g/mol. The summed E-state index contributed by atoms with van der Waals surface area (Å²) in [5, 5.41) is 3.30. The van der Waals surface area contributed by atoms with Gasteiger partial charge in [-0.1, -0.05) is 6.92 Å². The molecule has 9 heavy (non-hydrogen) atoms. The summed E-state index contributed by atoms with van der Waals surface area (Å²) < 4.78 is 5.16. The molecule has 1 atom stereocenters. The Morgan fingerprint density at radius 3 is 3.11 bits per heavy atom. The molecule has 0 aliphatic carbocycles. The van der Waals surface area contributed by atoms with E-state index in [2.05, 4.69) is 12.2 Å². The van der Waals surface area contributed by atoms with E-state index in [1.807, 2.05) is 6.92 Å². The van der Waals surface area contributed by atoms with Gasteiger partial charge in [0.1, 0.15) is 12.9 Å². The molecule has 0 saturated heterocycles. The van der Waals surface area contributed by atoms with Gasteiger partial charge < -0.3 is 10.1 Å². The molecule has 2 heteroatoms. The van der Waals surface area contributed by atoms with Crippen molar-refractivity contribution < 1.29 is 4.74 Å². The maximum atomic E-state index is 5.16. The fourth-order valence-electron chi connectivity index (χ4n) is 0.907. The first-order valence-corrected chi connectivity index (χ1v) is 3.38. The van der Waals surface area contributed by atoms with Crippen LogP contribution >= 0.6 is 0 Å². The van der Waals surface area contributed by atoms with Crippen molar-refractivity contribution >= 4 is 0 Å². The van der Waals surface area contributed by atoms with Gasteiger partial charge in [-0.2, -0.15) is 0 Å². The molecule has 0 saturated carbocycles. The summed E-state index contributed by atoms with van der Waals surface area (Å²) in [5.74, 6) is 0. The molecule has 0 radical (unpaired) electrons. The third-order valence-electron chi connectivity index (χ3n) is 1.48. The van der Waals surface area contributed by atoms with Crippen molar-refractivity contribution in [1.29, 1.82) is 0 Å². The molecule has 1 aliphatic rings. The molecule has 0 aromatic carbocycles. The van der Waals surface area contributed by atoms with Crippen molar-refractivity contribution in [3.63, 3.8) is 0 Å². The van der Waals surface area contributed by atoms with Crippen LogP contribution in [0.1, 0.15) is 20.3 Å². The van der Waals surface area contributed by atoms with Crippen LogP contribution < -0.4 is 5.32 Å². The van der Waals surface area contributed by atoms with Crippen LogP contribution in [-0.4, -0.2) is 12.6 Å². The third-order valence-corrected chi connectivity index (χ3v) is 1.48. The summed E-state index contributed by atoms with van der Waals surface area (Å²) in [6.45, 7) is 4.98. The van der Waals surface area contributed by atoms with Crippen LogP contribution in [0.3, 0.4) is 0 Å². The maximum Gasteiger partial charge on any atom is 0.107 e. The quantitative estimate of drug-likeness (QED) is 0.572. The summed E-state index contributed by atoms with van der Waals surface area (Å²) in [7, 11) is 0. The highest BCUT2D eigenvalue weighted by atomic mass is 16.5. The number of ether oxygens (including phenoxy) is 1. The molecule has 0 aromatic rings. The Morgan fingerprint density at radius 1 is 1.89 bits per heavy atom. The van der Waals surface area contributed by atoms with Gasteiger partial charge in [-0.3, -0.25) is 0 Å². The van der Waals surface area contributed by atoms with E-state index in [0.717, 1.165) is 18.7 Å². The van der Waals surface area contributed by atoms with Crippen molar-refractivity contribution in [2.75, 3.05) is 6.61 Å². The maximum absolute atomic E-state index is 5.16. The normalized spacial score (nSPS) is 26.0. The molecule has 0 aromatic heterocycles. The van der Waals surface area contributed by atoms with E-state index in [0.29, 0.717) is 6.04 Å². The fraction of sp³-hybridized carbons (Fsp3) is 0.714. The summed E-state index contributed by atoms with van der Waals surface area (Å²) in [6.07, 6.45) is 2.90. The molecule has 0 spiro atoms. The van der Waals surface area contributed by atoms with E-state index in [-0.39, 0.29) is 0 Å². The van der Waals surface area contributed by atoms with Gasteiger partial charge in [-0.05, 0) is 13.3 Å². The van der Waals surface area contributed by atoms with Crippen LogP contribution in [0.5, 0.6) is 0 Å². The third kappa shape index (κ3) is 1.63. The lowest BCUT2D eigenvalue weighted by Gasteiger charge is -2.22. The molecular weight excluding hydrogens is 114 g/mol. The molecule has 0 amide bonds. The Bertz CT molecular complexity index is 120. The Balaban J connectivity index is 2.39. The topological polar surface area (TPSA) is 21.3 Å². The highest BCUT2D eigenvalue weighted by Crippen LogP contribution is 2.02. The largest absolute Gasteiger partial charge is 0.497 e. The first-order chi connectivity index (χ1) is 4.33.